The minimum atomic E-state index is -0.0288. The molecular formula is C19H20N2O2S. The molecular weight excluding hydrogens is 320 g/mol. The van der Waals surface area contributed by atoms with Gasteiger partial charge in [0.2, 0.25) is 0 Å². The fourth-order valence-electron chi connectivity index (χ4n) is 2.56. The van der Waals surface area contributed by atoms with Crippen LogP contribution in [0.25, 0.3) is 10.4 Å². The molecule has 0 atom stereocenters. The van der Waals surface area contributed by atoms with Gasteiger partial charge in [0.05, 0.1) is 12.2 Å². The van der Waals surface area contributed by atoms with Crippen molar-refractivity contribution in [2.75, 3.05) is 7.05 Å². The van der Waals surface area contributed by atoms with Gasteiger partial charge in [0.15, 0.2) is 5.76 Å². The summed E-state index contributed by atoms with van der Waals surface area (Å²) in [5, 5.41) is 6.04. The van der Waals surface area contributed by atoms with Crippen LogP contribution in [0.4, 0.5) is 0 Å². The Hall–Kier alpha value is -2.40. The van der Waals surface area contributed by atoms with E-state index >= 15 is 0 Å². The third-order valence-corrected chi connectivity index (χ3v) is 5.03. The molecule has 3 aromatic rings. The summed E-state index contributed by atoms with van der Waals surface area (Å²) in [5.41, 5.74) is 3.98. The number of carbonyl (C=O) groups is 1. The van der Waals surface area contributed by atoms with Crippen molar-refractivity contribution in [3.05, 3.63) is 64.4 Å². The number of hydrogen-bond donors (Lipinski definition) is 0. The second-order valence-electron chi connectivity index (χ2n) is 5.81. The smallest absolute Gasteiger partial charge is 0.254 e. The molecule has 3 rings (SSSR count). The molecule has 0 unspecified atom stereocenters. The Morgan fingerprint density at radius 1 is 1.25 bits per heavy atom. The zero-order valence-corrected chi connectivity index (χ0v) is 14.9. The van der Waals surface area contributed by atoms with Gasteiger partial charge >= 0.3 is 0 Å². The van der Waals surface area contributed by atoms with Gasteiger partial charge in [-0.3, -0.25) is 4.79 Å². The van der Waals surface area contributed by atoms with Gasteiger partial charge in [0.1, 0.15) is 0 Å². The van der Waals surface area contributed by atoms with Crippen LogP contribution < -0.4 is 0 Å². The lowest BCUT2D eigenvalue weighted by Gasteiger charge is -2.15. The molecule has 0 fully saturated rings. The summed E-state index contributed by atoms with van der Waals surface area (Å²) in [5.74, 6) is 0.674. The van der Waals surface area contributed by atoms with E-state index in [2.05, 4.69) is 23.5 Å². The lowest BCUT2D eigenvalue weighted by Crippen LogP contribution is -2.25. The first-order chi connectivity index (χ1) is 11.6. The van der Waals surface area contributed by atoms with Gasteiger partial charge in [-0.05, 0) is 48.1 Å². The fraction of sp³-hybridized carbons (Fsp3) is 0.263. The van der Waals surface area contributed by atoms with Crippen molar-refractivity contribution in [3.8, 4) is 10.4 Å². The third kappa shape index (κ3) is 3.41. The van der Waals surface area contributed by atoms with Crippen LogP contribution in [-0.4, -0.2) is 23.0 Å². The number of amides is 1. The molecule has 1 amide bonds. The van der Waals surface area contributed by atoms with Gasteiger partial charge in [0, 0.05) is 23.6 Å². The third-order valence-electron chi connectivity index (χ3n) is 3.97. The van der Waals surface area contributed by atoms with Gasteiger partial charge in [-0.15, -0.1) is 11.3 Å². The molecule has 124 valence electrons. The van der Waals surface area contributed by atoms with E-state index in [0.717, 1.165) is 17.7 Å². The molecule has 0 saturated heterocycles. The molecule has 0 N–H and O–H groups in total. The zero-order valence-electron chi connectivity index (χ0n) is 14.1. The maximum Gasteiger partial charge on any atom is 0.254 e. The van der Waals surface area contributed by atoms with Gasteiger partial charge in [-0.1, -0.05) is 24.2 Å². The first kappa shape index (κ1) is 16.5. The largest absolute Gasteiger partial charge is 0.359 e. The topological polar surface area (TPSA) is 46.3 Å². The molecule has 0 radical (unpaired) electrons. The molecule has 0 aliphatic heterocycles. The normalized spacial score (nSPS) is 10.8. The number of aromatic nitrogens is 1. The summed E-state index contributed by atoms with van der Waals surface area (Å²) in [6.45, 7) is 4.53. The number of rotatable bonds is 5. The Labute approximate surface area is 145 Å². The van der Waals surface area contributed by atoms with E-state index in [-0.39, 0.29) is 5.91 Å². The van der Waals surface area contributed by atoms with Gasteiger partial charge in [-0.25, -0.2) is 0 Å². The van der Waals surface area contributed by atoms with E-state index < -0.39 is 0 Å². The molecule has 0 aliphatic carbocycles. The van der Waals surface area contributed by atoms with Crippen LogP contribution in [0.2, 0.25) is 0 Å². The van der Waals surface area contributed by atoms with E-state index in [9.17, 15) is 4.79 Å². The quantitative estimate of drug-likeness (QED) is 0.685. The van der Waals surface area contributed by atoms with Gasteiger partial charge in [-0.2, -0.15) is 0 Å². The standard InChI is InChI=1S/C19H20N2O2S/c1-4-16-11-17(23-20-16)12-21(3)19(22)15-7-5-14(6-8-15)18-13(2)9-10-24-18/h5-11H,4,12H2,1-3H3. The van der Waals surface area contributed by atoms with Crippen molar-refractivity contribution in [1.82, 2.24) is 10.1 Å². The molecule has 0 saturated carbocycles. The summed E-state index contributed by atoms with van der Waals surface area (Å²) in [6, 6.07) is 11.8. The Kier molecular flexibility index (Phi) is 4.81. The molecule has 2 heterocycles. The minimum absolute atomic E-state index is 0.0288. The van der Waals surface area contributed by atoms with Crippen LogP contribution in [0.3, 0.4) is 0 Å². The van der Waals surface area contributed by atoms with E-state index in [4.69, 9.17) is 4.52 Å². The number of thiophene rings is 1. The lowest BCUT2D eigenvalue weighted by atomic mass is 10.1. The first-order valence-electron chi connectivity index (χ1n) is 7.93. The number of aryl methyl sites for hydroxylation is 2. The Morgan fingerprint density at radius 2 is 2.00 bits per heavy atom. The fourth-order valence-corrected chi connectivity index (χ4v) is 3.49. The zero-order chi connectivity index (χ0) is 17.1. The van der Waals surface area contributed by atoms with Crippen molar-refractivity contribution in [1.29, 1.82) is 0 Å². The molecule has 4 nitrogen and oxygen atoms in total. The monoisotopic (exact) mass is 340 g/mol. The van der Waals surface area contributed by atoms with E-state index in [1.54, 1.807) is 23.3 Å². The molecule has 0 aliphatic rings. The highest BCUT2D eigenvalue weighted by molar-refractivity contribution is 7.13. The Morgan fingerprint density at radius 3 is 2.58 bits per heavy atom. The number of nitrogens with zero attached hydrogens (tertiary/aromatic N) is 2. The predicted molar refractivity (Wildman–Crippen MR) is 96.2 cm³/mol. The predicted octanol–water partition coefficient (Wildman–Crippen LogP) is 4.55. The molecule has 0 spiro atoms. The maximum atomic E-state index is 12.6. The average molecular weight is 340 g/mol. The van der Waals surface area contributed by atoms with Crippen LogP contribution in [-0.2, 0) is 13.0 Å². The SMILES string of the molecule is CCc1cc(CN(C)C(=O)c2ccc(-c3sccc3C)cc2)on1. The number of carbonyl (C=O) groups excluding carboxylic acids is 1. The Balaban J connectivity index is 1.71. The highest BCUT2D eigenvalue weighted by Gasteiger charge is 2.15. The highest BCUT2D eigenvalue weighted by atomic mass is 32.1. The second kappa shape index (κ2) is 7.01. The summed E-state index contributed by atoms with van der Waals surface area (Å²) in [7, 11) is 1.77. The molecule has 2 aromatic heterocycles. The number of hydrogen-bond acceptors (Lipinski definition) is 4. The van der Waals surface area contributed by atoms with E-state index in [0.29, 0.717) is 17.9 Å². The molecule has 0 bridgehead atoms. The van der Waals surface area contributed by atoms with Gasteiger partial charge < -0.3 is 9.42 Å². The summed E-state index contributed by atoms with van der Waals surface area (Å²) >= 11 is 1.71. The Bertz CT molecular complexity index is 833. The van der Waals surface area contributed by atoms with Crippen LogP contribution in [0, 0.1) is 6.92 Å². The molecule has 1 aromatic carbocycles. The van der Waals surface area contributed by atoms with Gasteiger partial charge in [0.25, 0.3) is 5.91 Å². The van der Waals surface area contributed by atoms with E-state index in [1.807, 2.05) is 37.3 Å². The lowest BCUT2D eigenvalue weighted by molar-refractivity contribution is 0.0772. The van der Waals surface area contributed by atoms with Crippen LogP contribution in [0.15, 0.2) is 46.3 Å². The highest BCUT2D eigenvalue weighted by Crippen LogP contribution is 2.29. The van der Waals surface area contributed by atoms with Crippen LogP contribution in [0.5, 0.6) is 0 Å². The number of benzene rings is 1. The van der Waals surface area contributed by atoms with Crippen molar-refractivity contribution in [2.45, 2.75) is 26.8 Å². The minimum Gasteiger partial charge on any atom is -0.359 e. The van der Waals surface area contributed by atoms with Crippen molar-refractivity contribution in [2.24, 2.45) is 0 Å². The summed E-state index contributed by atoms with van der Waals surface area (Å²) < 4.78 is 5.25. The maximum absolute atomic E-state index is 12.6. The molecule has 5 heteroatoms. The summed E-state index contributed by atoms with van der Waals surface area (Å²) in [6.07, 6.45) is 0.824. The summed E-state index contributed by atoms with van der Waals surface area (Å²) in [4.78, 5) is 15.4. The average Bonchev–Trinajstić information content (AvgIpc) is 3.23. The van der Waals surface area contributed by atoms with Crippen LogP contribution in [0.1, 0.15) is 34.3 Å². The second-order valence-corrected chi connectivity index (χ2v) is 6.73. The van der Waals surface area contributed by atoms with Crippen molar-refractivity contribution >= 4 is 17.2 Å². The first-order valence-corrected chi connectivity index (χ1v) is 8.81. The molecule has 24 heavy (non-hydrogen) atoms. The van der Waals surface area contributed by atoms with Crippen LogP contribution >= 0.6 is 11.3 Å². The van der Waals surface area contributed by atoms with Crippen molar-refractivity contribution in [3.63, 3.8) is 0 Å². The van der Waals surface area contributed by atoms with E-state index in [1.165, 1.54) is 10.4 Å². The van der Waals surface area contributed by atoms with Crippen molar-refractivity contribution < 1.29 is 9.32 Å².